The van der Waals surface area contributed by atoms with Crippen LogP contribution in [0.25, 0.3) is 0 Å². The van der Waals surface area contributed by atoms with Crippen molar-refractivity contribution in [3.05, 3.63) is 17.2 Å². The number of carbonyl (C=O) groups excluding carboxylic acids is 3. The van der Waals surface area contributed by atoms with Crippen LogP contribution in [0.1, 0.15) is 12.8 Å². The number of anilines is 1. The van der Waals surface area contributed by atoms with E-state index in [1.165, 1.54) is 12.0 Å². The van der Waals surface area contributed by atoms with Crippen LogP contribution in [0.2, 0.25) is 5.02 Å². The zero-order valence-electron chi connectivity index (χ0n) is 14.1. The minimum atomic E-state index is -0.690. The third-order valence-electron chi connectivity index (χ3n) is 4.93. The molecule has 26 heavy (non-hydrogen) atoms. The number of amides is 3. The van der Waals surface area contributed by atoms with Crippen molar-refractivity contribution in [1.29, 1.82) is 0 Å². The van der Waals surface area contributed by atoms with Gasteiger partial charge in [-0.2, -0.15) is 0 Å². The molecule has 0 radical (unpaired) electrons. The normalized spacial score (nSPS) is 24.5. The molecular formula is C17H17ClN2O6. The fraction of sp³-hybridized carbons (Fsp3) is 0.471. The molecule has 3 heterocycles. The maximum atomic E-state index is 12.9. The molecule has 1 aromatic rings. The Hall–Kier alpha value is -2.48. The number of carbonyl (C=O) groups is 3. The molecule has 3 aliphatic rings. The highest BCUT2D eigenvalue weighted by Gasteiger charge is 2.50. The summed E-state index contributed by atoms with van der Waals surface area (Å²) in [5, 5.41) is 0.223. The number of hydrogen-bond acceptors (Lipinski definition) is 6. The number of ether oxygens (including phenoxy) is 3. The molecule has 2 fully saturated rings. The number of hydrogen-bond donors (Lipinski definition) is 0. The van der Waals surface area contributed by atoms with Crippen LogP contribution < -0.4 is 14.4 Å². The number of imide groups is 1. The van der Waals surface area contributed by atoms with Gasteiger partial charge in [0.2, 0.25) is 0 Å². The van der Waals surface area contributed by atoms with Crippen molar-refractivity contribution in [1.82, 2.24) is 4.90 Å². The molecular weight excluding hydrogens is 364 g/mol. The summed E-state index contributed by atoms with van der Waals surface area (Å²) in [6.45, 7) is 1.11. The molecule has 0 N–H and O–H groups in total. The van der Waals surface area contributed by atoms with Crippen LogP contribution in [-0.2, 0) is 14.3 Å². The average Bonchev–Trinajstić information content (AvgIpc) is 2.90. The number of urea groups is 1. The van der Waals surface area contributed by atoms with Gasteiger partial charge in [-0.25, -0.2) is 9.69 Å². The third kappa shape index (κ3) is 2.56. The van der Waals surface area contributed by atoms with Crippen molar-refractivity contribution in [2.45, 2.75) is 18.9 Å². The SMILES string of the molecule is COC(=O)C1CCN2C(=O)N(c3cc4c(cc3Cl)OCCO4)C(=O)C2C1. The van der Waals surface area contributed by atoms with Crippen molar-refractivity contribution in [3.63, 3.8) is 0 Å². The molecule has 2 saturated heterocycles. The Morgan fingerprint density at radius 1 is 1.23 bits per heavy atom. The lowest BCUT2D eigenvalue weighted by molar-refractivity contribution is -0.147. The summed E-state index contributed by atoms with van der Waals surface area (Å²) in [5.41, 5.74) is 0.259. The van der Waals surface area contributed by atoms with Crippen LogP contribution in [0.5, 0.6) is 11.5 Å². The van der Waals surface area contributed by atoms with Gasteiger partial charge in [0, 0.05) is 18.7 Å². The van der Waals surface area contributed by atoms with E-state index in [1.807, 2.05) is 0 Å². The van der Waals surface area contributed by atoms with Gasteiger partial charge < -0.3 is 19.1 Å². The Balaban J connectivity index is 1.65. The van der Waals surface area contributed by atoms with Gasteiger partial charge in [-0.15, -0.1) is 0 Å². The van der Waals surface area contributed by atoms with Gasteiger partial charge in [0.25, 0.3) is 5.91 Å². The Labute approximate surface area is 154 Å². The zero-order chi connectivity index (χ0) is 18.4. The van der Waals surface area contributed by atoms with Crippen LogP contribution in [-0.4, -0.2) is 55.7 Å². The van der Waals surface area contributed by atoms with Crippen LogP contribution in [0.3, 0.4) is 0 Å². The fourth-order valence-corrected chi connectivity index (χ4v) is 3.87. The molecule has 138 valence electrons. The first-order chi connectivity index (χ1) is 12.5. The zero-order valence-corrected chi connectivity index (χ0v) is 14.8. The van der Waals surface area contributed by atoms with Crippen LogP contribution in [0.15, 0.2) is 12.1 Å². The van der Waals surface area contributed by atoms with Gasteiger partial charge in [-0.05, 0) is 12.8 Å². The molecule has 8 nitrogen and oxygen atoms in total. The van der Waals surface area contributed by atoms with Crippen molar-refractivity contribution in [3.8, 4) is 11.5 Å². The summed E-state index contributed by atoms with van der Waals surface area (Å²) in [4.78, 5) is 40.1. The second kappa shape index (κ2) is 6.35. The van der Waals surface area contributed by atoms with Crippen molar-refractivity contribution in [2.75, 3.05) is 31.8 Å². The number of rotatable bonds is 2. The highest BCUT2D eigenvalue weighted by atomic mass is 35.5. The quantitative estimate of drug-likeness (QED) is 0.575. The van der Waals surface area contributed by atoms with Gasteiger partial charge >= 0.3 is 12.0 Å². The minimum absolute atomic E-state index is 0.223. The Morgan fingerprint density at radius 3 is 2.62 bits per heavy atom. The number of methoxy groups -OCH3 is 1. The first-order valence-electron chi connectivity index (χ1n) is 8.32. The van der Waals surface area contributed by atoms with E-state index >= 15 is 0 Å². The van der Waals surface area contributed by atoms with Gasteiger partial charge in [0.1, 0.15) is 19.3 Å². The van der Waals surface area contributed by atoms with E-state index in [4.69, 9.17) is 25.8 Å². The summed E-state index contributed by atoms with van der Waals surface area (Å²) in [7, 11) is 1.32. The first-order valence-corrected chi connectivity index (χ1v) is 8.70. The fourth-order valence-electron chi connectivity index (χ4n) is 3.63. The van der Waals surface area contributed by atoms with Gasteiger partial charge in [0.05, 0.1) is 23.7 Å². The molecule has 0 aliphatic carbocycles. The molecule has 1 aromatic carbocycles. The number of esters is 1. The highest BCUT2D eigenvalue weighted by molar-refractivity contribution is 6.36. The maximum absolute atomic E-state index is 12.9. The number of halogens is 1. The summed E-state index contributed by atoms with van der Waals surface area (Å²) >= 11 is 6.30. The molecule has 2 unspecified atom stereocenters. The number of nitrogens with zero attached hydrogens (tertiary/aromatic N) is 2. The van der Waals surface area contributed by atoms with Gasteiger partial charge in [-0.3, -0.25) is 9.59 Å². The standard InChI is InChI=1S/C17H17ClN2O6/c1-24-16(22)9-2-3-19-12(6-9)15(21)20(17(19)23)11-8-14-13(7-10(11)18)25-4-5-26-14/h7-9,12H,2-6H2,1H3. The lowest BCUT2D eigenvalue weighted by atomic mass is 9.91. The van der Waals surface area contributed by atoms with E-state index in [9.17, 15) is 14.4 Å². The Morgan fingerprint density at radius 2 is 1.92 bits per heavy atom. The van der Waals surface area contributed by atoms with Crippen molar-refractivity contribution < 1.29 is 28.6 Å². The maximum Gasteiger partial charge on any atom is 0.332 e. The molecule has 0 spiro atoms. The van der Waals surface area contributed by atoms with E-state index in [0.29, 0.717) is 37.7 Å². The molecule has 4 rings (SSSR count). The van der Waals surface area contributed by atoms with Gasteiger partial charge in [0.15, 0.2) is 11.5 Å². The molecule has 3 aliphatic heterocycles. The molecule has 0 bridgehead atoms. The lowest BCUT2D eigenvalue weighted by Gasteiger charge is -2.30. The second-order valence-corrected chi connectivity index (χ2v) is 6.76. The predicted octanol–water partition coefficient (Wildman–Crippen LogP) is 1.83. The van der Waals surface area contributed by atoms with Crippen molar-refractivity contribution in [2.24, 2.45) is 5.92 Å². The van der Waals surface area contributed by atoms with E-state index < -0.39 is 23.9 Å². The van der Waals surface area contributed by atoms with E-state index in [1.54, 1.807) is 12.1 Å². The molecule has 2 atom stereocenters. The summed E-state index contributed by atoms with van der Waals surface area (Å²) in [5.74, 6) is -0.238. The lowest BCUT2D eigenvalue weighted by Crippen LogP contribution is -2.44. The van der Waals surface area contributed by atoms with Crippen LogP contribution in [0.4, 0.5) is 10.5 Å². The average molecular weight is 381 g/mol. The first kappa shape index (κ1) is 17.0. The Kier molecular flexibility index (Phi) is 4.14. The second-order valence-electron chi connectivity index (χ2n) is 6.36. The molecule has 9 heteroatoms. The molecule has 0 saturated carbocycles. The van der Waals surface area contributed by atoms with Gasteiger partial charge in [-0.1, -0.05) is 11.6 Å². The largest absolute Gasteiger partial charge is 0.486 e. The molecule has 0 aromatic heterocycles. The summed E-state index contributed by atoms with van der Waals surface area (Å²) in [6.07, 6.45) is 0.709. The summed E-state index contributed by atoms with van der Waals surface area (Å²) < 4.78 is 15.8. The topological polar surface area (TPSA) is 85.4 Å². The summed E-state index contributed by atoms with van der Waals surface area (Å²) in [6, 6.07) is 1.95. The van der Waals surface area contributed by atoms with E-state index in [2.05, 4.69) is 0 Å². The van der Waals surface area contributed by atoms with Crippen LogP contribution >= 0.6 is 11.6 Å². The molecule has 3 amide bonds. The number of benzene rings is 1. The predicted molar refractivity (Wildman–Crippen MR) is 90.6 cm³/mol. The highest BCUT2D eigenvalue weighted by Crippen LogP contribution is 2.42. The smallest absolute Gasteiger partial charge is 0.332 e. The number of piperidine rings is 1. The monoisotopic (exact) mass is 380 g/mol. The number of fused-ring (bicyclic) bond motifs is 2. The van der Waals surface area contributed by atoms with E-state index in [-0.39, 0.29) is 23.1 Å². The minimum Gasteiger partial charge on any atom is -0.486 e. The van der Waals surface area contributed by atoms with Crippen molar-refractivity contribution >= 4 is 35.2 Å². The Bertz CT molecular complexity index is 798. The third-order valence-corrected chi connectivity index (χ3v) is 5.23. The van der Waals surface area contributed by atoms with E-state index in [0.717, 1.165) is 4.90 Å². The van der Waals surface area contributed by atoms with Crippen LogP contribution in [0, 0.1) is 5.92 Å².